The maximum atomic E-state index is 13.2. The molecular weight excluding hydrogens is 424 g/mol. The quantitative estimate of drug-likeness (QED) is 0.672. The van der Waals surface area contributed by atoms with E-state index in [9.17, 15) is 14.4 Å². The number of carbonyl (C=O) groups excluding carboxylic acids is 3. The number of fused-ring (bicyclic) bond motifs is 1. The van der Waals surface area contributed by atoms with Crippen molar-refractivity contribution in [1.82, 2.24) is 19.8 Å². The van der Waals surface area contributed by atoms with Crippen molar-refractivity contribution in [2.24, 2.45) is 5.92 Å². The van der Waals surface area contributed by atoms with Gasteiger partial charge in [-0.1, -0.05) is 44.2 Å². The number of nitrogens with zero attached hydrogens (tertiary/aromatic N) is 4. The highest BCUT2D eigenvalue weighted by molar-refractivity contribution is 5.89. The van der Waals surface area contributed by atoms with E-state index >= 15 is 0 Å². The Bertz CT molecular complexity index is 856. The van der Waals surface area contributed by atoms with E-state index in [0.717, 1.165) is 31.5 Å². The first kappa shape index (κ1) is 23.5. The van der Waals surface area contributed by atoms with Gasteiger partial charge in [0, 0.05) is 6.04 Å². The van der Waals surface area contributed by atoms with Crippen LogP contribution in [0.3, 0.4) is 0 Å². The fraction of sp³-hybridized carbons (Fsp3) is 0.625. The average molecular weight is 459 g/mol. The fourth-order valence-electron chi connectivity index (χ4n) is 4.76. The first-order valence-electron chi connectivity index (χ1n) is 11.8. The lowest BCUT2D eigenvalue weighted by molar-refractivity contribution is -0.264. The molecule has 9 nitrogen and oxygen atoms in total. The number of ether oxygens (including phenoxy) is 1. The van der Waals surface area contributed by atoms with Crippen LogP contribution in [-0.4, -0.2) is 89.2 Å². The lowest BCUT2D eigenvalue weighted by atomic mass is 10.0. The number of hydrogen-bond donors (Lipinski definition) is 0. The Hall–Kier alpha value is -2.65. The van der Waals surface area contributed by atoms with E-state index in [2.05, 4.69) is 11.9 Å². The third kappa shape index (κ3) is 5.30. The largest absolute Gasteiger partial charge is 0.443 e. The summed E-state index contributed by atoms with van der Waals surface area (Å²) in [4.78, 5) is 50.8. The van der Waals surface area contributed by atoms with E-state index in [4.69, 9.17) is 9.57 Å². The standard InChI is InChI=1S/C24H34N4O5/c1-17(2)13-20-23(30)27-15-22(29)26(19-9-11-25(3)12-10-19)14-21(27)28(33-20)24(31)32-16-18-7-5-4-6-8-18/h4-8,17,19-21H,9-16H2,1-3H3. The lowest BCUT2D eigenvalue weighted by Crippen LogP contribution is -2.71. The SMILES string of the molecule is CC(C)CC1ON(C(=O)OCc2ccccc2)C2CN(C3CCN(C)CC3)C(=O)CN2C1=O. The zero-order chi connectivity index (χ0) is 23.5. The van der Waals surface area contributed by atoms with Gasteiger partial charge in [-0.2, -0.15) is 5.06 Å². The monoisotopic (exact) mass is 458 g/mol. The summed E-state index contributed by atoms with van der Waals surface area (Å²) in [5.74, 6) is -0.122. The van der Waals surface area contributed by atoms with E-state index in [1.165, 1.54) is 9.96 Å². The van der Waals surface area contributed by atoms with Gasteiger partial charge in [-0.05, 0) is 50.9 Å². The van der Waals surface area contributed by atoms with E-state index in [-0.39, 0.29) is 43.5 Å². The molecule has 3 amide bonds. The van der Waals surface area contributed by atoms with Crippen LogP contribution in [0.4, 0.5) is 4.79 Å². The minimum atomic E-state index is -0.812. The van der Waals surface area contributed by atoms with Crippen molar-refractivity contribution in [2.45, 2.75) is 58.0 Å². The maximum Gasteiger partial charge on any atom is 0.436 e. The zero-order valence-corrected chi connectivity index (χ0v) is 19.7. The Balaban J connectivity index is 1.52. The minimum absolute atomic E-state index is 0.0454. The summed E-state index contributed by atoms with van der Waals surface area (Å²) in [5, 5.41) is 1.19. The topological polar surface area (TPSA) is 82.6 Å². The van der Waals surface area contributed by atoms with Gasteiger partial charge in [-0.3, -0.25) is 14.4 Å². The molecule has 0 saturated carbocycles. The molecule has 4 rings (SSSR count). The van der Waals surface area contributed by atoms with Gasteiger partial charge in [0.05, 0.1) is 6.54 Å². The number of amides is 3. The average Bonchev–Trinajstić information content (AvgIpc) is 2.80. The second-order valence-corrected chi connectivity index (χ2v) is 9.62. The van der Waals surface area contributed by atoms with Crippen LogP contribution in [0.15, 0.2) is 30.3 Å². The summed E-state index contributed by atoms with van der Waals surface area (Å²) in [7, 11) is 2.07. The Morgan fingerprint density at radius 2 is 1.82 bits per heavy atom. The first-order chi connectivity index (χ1) is 15.8. The number of piperazine rings is 1. The van der Waals surface area contributed by atoms with Crippen LogP contribution in [-0.2, 0) is 25.8 Å². The van der Waals surface area contributed by atoms with Crippen LogP contribution in [0.25, 0.3) is 0 Å². The summed E-state index contributed by atoms with van der Waals surface area (Å²) in [6, 6.07) is 9.51. The summed E-state index contributed by atoms with van der Waals surface area (Å²) < 4.78 is 5.54. The molecule has 3 aliphatic rings. The summed E-state index contributed by atoms with van der Waals surface area (Å²) in [5.41, 5.74) is 0.862. The molecule has 0 N–H and O–H groups in total. The lowest BCUT2D eigenvalue weighted by Gasteiger charge is -2.51. The zero-order valence-electron chi connectivity index (χ0n) is 19.7. The highest BCUT2D eigenvalue weighted by Crippen LogP contribution is 2.29. The third-order valence-corrected chi connectivity index (χ3v) is 6.62. The first-order valence-corrected chi connectivity index (χ1v) is 11.8. The number of hydroxylamine groups is 2. The third-order valence-electron chi connectivity index (χ3n) is 6.62. The molecule has 1 aromatic carbocycles. The van der Waals surface area contributed by atoms with Crippen molar-refractivity contribution in [2.75, 3.05) is 33.2 Å². The van der Waals surface area contributed by atoms with Crippen LogP contribution in [0, 0.1) is 5.92 Å². The van der Waals surface area contributed by atoms with Gasteiger partial charge >= 0.3 is 6.09 Å². The molecule has 0 aliphatic carbocycles. The van der Waals surface area contributed by atoms with Crippen molar-refractivity contribution in [1.29, 1.82) is 0 Å². The predicted molar refractivity (Wildman–Crippen MR) is 121 cm³/mol. The van der Waals surface area contributed by atoms with Crippen molar-refractivity contribution in [3.8, 4) is 0 Å². The summed E-state index contributed by atoms with van der Waals surface area (Å²) >= 11 is 0. The summed E-state index contributed by atoms with van der Waals surface area (Å²) in [6.45, 7) is 6.10. The van der Waals surface area contributed by atoms with Crippen LogP contribution in [0.1, 0.15) is 38.7 Å². The molecule has 1 aromatic rings. The van der Waals surface area contributed by atoms with Gasteiger partial charge < -0.3 is 19.4 Å². The van der Waals surface area contributed by atoms with E-state index in [1.807, 2.05) is 49.1 Å². The number of benzene rings is 1. The van der Waals surface area contributed by atoms with Gasteiger partial charge in [0.1, 0.15) is 13.2 Å². The van der Waals surface area contributed by atoms with Crippen LogP contribution < -0.4 is 0 Å². The molecule has 3 fully saturated rings. The molecule has 9 heteroatoms. The molecule has 2 unspecified atom stereocenters. The molecular formula is C24H34N4O5. The molecule has 3 saturated heterocycles. The summed E-state index contributed by atoms with van der Waals surface area (Å²) in [6.07, 6.45) is 0.0517. The number of carbonyl (C=O) groups is 3. The molecule has 0 bridgehead atoms. The maximum absolute atomic E-state index is 13.2. The second-order valence-electron chi connectivity index (χ2n) is 9.62. The highest BCUT2D eigenvalue weighted by Gasteiger charge is 2.50. The van der Waals surface area contributed by atoms with Crippen molar-refractivity contribution < 1.29 is 24.0 Å². The Kier molecular flexibility index (Phi) is 7.19. The number of piperidine rings is 1. The van der Waals surface area contributed by atoms with Gasteiger partial charge in [0.2, 0.25) is 5.91 Å². The molecule has 3 heterocycles. The highest BCUT2D eigenvalue weighted by atomic mass is 16.7. The molecule has 2 atom stereocenters. The van der Waals surface area contributed by atoms with Crippen molar-refractivity contribution in [3.63, 3.8) is 0 Å². The molecule has 0 radical (unpaired) electrons. The number of hydrogen-bond acceptors (Lipinski definition) is 6. The van der Waals surface area contributed by atoms with E-state index < -0.39 is 18.4 Å². The van der Waals surface area contributed by atoms with Crippen molar-refractivity contribution >= 4 is 17.9 Å². The molecule has 3 aliphatic heterocycles. The minimum Gasteiger partial charge on any atom is -0.443 e. The predicted octanol–water partition coefficient (Wildman–Crippen LogP) is 2.08. The Labute approximate surface area is 195 Å². The second kappa shape index (κ2) is 10.1. The van der Waals surface area contributed by atoms with Gasteiger partial charge in [0.15, 0.2) is 12.3 Å². The molecule has 0 aromatic heterocycles. The van der Waals surface area contributed by atoms with Gasteiger partial charge in [0.25, 0.3) is 5.91 Å². The van der Waals surface area contributed by atoms with E-state index in [1.54, 1.807) is 0 Å². The molecule has 33 heavy (non-hydrogen) atoms. The van der Waals surface area contributed by atoms with Crippen LogP contribution in [0.2, 0.25) is 0 Å². The molecule has 180 valence electrons. The van der Waals surface area contributed by atoms with Crippen molar-refractivity contribution in [3.05, 3.63) is 35.9 Å². The van der Waals surface area contributed by atoms with Gasteiger partial charge in [-0.15, -0.1) is 0 Å². The van der Waals surface area contributed by atoms with Gasteiger partial charge in [-0.25, -0.2) is 4.79 Å². The normalized spacial score (nSPS) is 24.9. The Morgan fingerprint density at radius 1 is 1.12 bits per heavy atom. The van der Waals surface area contributed by atoms with Crippen LogP contribution in [0.5, 0.6) is 0 Å². The fourth-order valence-corrected chi connectivity index (χ4v) is 4.76. The number of rotatable bonds is 5. The Morgan fingerprint density at radius 3 is 2.48 bits per heavy atom. The van der Waals surface area contributed by atoms with Crippen LogP contribution >= 0.6 is 0 Å². The smallest absolute Gasteiger partial charge is 0.436 e. The number of likely N-dealkylation sites (tertiary alicyclic amines) is 1. The van der Waals surface area contributed by atoms with E-state index in [0.29, 0.717) is 6.42 Å². The molecule has 0 spiro atoms.